The molecule has 25 heavy (non-hydrogen) atoms. The number of tetrazole rings is 1. The zero-order valence-corrected chi connectivity index (χ0v) is 14.0. The number of para-hydroxylation sites is 1. The molecule has 0 radical (unpaired) electrons. The van der Waals surface area contributed by atoms with E-state index in [0.29, 0.717) is 31.9 Å². The van der Waals surface area contributed by atoms with Crippen molar-refractivity contribution in [2.45, 2.75) is 19.6 Å². The molecule has 3 rings (SSSR count). The predicted octanol–water partition coefficient (Wildman–Crippen LogP) is -0.189. The van der Waals surface area contributed by atoms with Crippen LogP contribution in [0.15, 0.2) is 36.7 Å². The van der Waals surface area contributed by atoms with E-state index in [-0.39, 0.29) is 18.4 Å². The maximum atomic E-state index is 12.5. The summed E-state index contributed by atoms with van der Waals surface area (Å²) in [5.74, 6) is 0.531. The third-order valence-corrected chi connectivity index (χ3v) is 4.04. The highest BCUT2D eigenvalue weighted by Gasteiger charge is 2.27. The molecule has 1 saturated heterocycles. The zero-order valence-electron chi connectivity index (χ0n) is 14.0. The van der Waals surface area contributed by atoms with Gasteiger partial charge in [0.05, 0.1) is 0 Å². The minimum absolute atomic E-state index is 0.0621. The van der Waals surface area contributed by atoms with Gasteiger partial charge < -0.3 is 14.5 Å². The van der Waals surface area contributed by atoms with Gasteiger partial charge in [0.2, 0.25) is 5.91 Å². The Kier molecular flexibility index (Phi) is 5.22. The number of carbonyl (C=O) groups is 2. The highest BCUT2D eigenvalue weighted by Crippen LogP contribution is 2.13. The number of amides is 2. The molecule has 1 aliphatic heterocycles. The third-order valence-electron chi connectivity index (χ3n) is 4.04. The Labute approximate surface area is 145 Å². The van der Waals surface area contributed by atoms with Gasteiger partial charge in [0.15, 0.2) is 6.10 Å². The molecule has 0 aliphatic carbocycles. The van der Waals surface area contributed by atoms with E-state index in [2.05, 4.69) is 15.5 Å². The lowest BCUT2D eigenvalue weighted by Gasteiger charge is -2.35. The largest absolute Gasteiger partial charge is 0.481 e. The monoisotopic (exact) mass is 344 g/mol. The molecule has 1 fully saturated rings. The van der Waals surface area contributed by atoms with Crippen molar-refractivity contribution < 1.29 is 14.3 Å². The SMILES string of the molecule is CC(Oc1ccccc1)C(=O)N1CCN(C(=O)Cn2cnnn2)CC1. The van der Waals surface area contributed by atoms with Gasteiger partial charge in [-0.3, -0.25) is 9.59 Å². The average molecular weight is 344 g/mol. The summed E-state index contributed by atoms with van der Waals surface area (Å²) in [5, 5.41) is 10.7. The van der Waals surface area contributed by atoms with Gasteiger partial charge in [-0.2, -0.15) is 0 Å². The van der Waals surface area contributed by atoms with Crippen LogP contribution in [0.3, 0.4) is 0 Å². The van der Waals surface area contributed by atoms with Crippen LogP contribution < -0.4 is 4.74 Å². The number of rotatable bonds is 5. The van der Waals surface area contributed by atoms with Gasteiger partial charge in [0, 0.05) is 26.2 Å². The number of hydrogen-bond acceptors (Lipinski definition) is 6. The molecule has 9 heteroatoms. The summed E-state index contributed by atoms with van der Waals surface area (Å²) in [6.07, 6.45) is 0.839. The van der Waals surface area contributed by atoms with E-state index in [1.165, 1.54) is 11.0 Å². The Hall–Kier alpha value is -2.97. The van der Waals surface area contributed by atoms with Crippen molar-refractivity contribution in [2.75, 3.05) is 26.2 Å². The van der Waals surface area contributed by atoms with Crippen LogP contribution in [0.5, 0.6) is 5.75 Å². The van der Waals surface area contributed by atoms with Crippen molar-refractivity contribution >= 4 is 11.8 Å². The fourth-order valence-corrected chi connectivity index (χ4v) is 2.68. The Morgan fingerprint density at radius 2 is 1.80 bits per heavy atom. The van der Waals surface area contributed by atoms with Crippen LogP contribution in [0.25, 0.3) is 0 Å². The van der Waals surface area contributed by atoms with Crippen molar-refractivity contribution in [3.8, 4) is 5.75 Å². The first-order chi connectivity index (χ1) is 12.1. The molecule has 132 valence electrons. The first kappa shape index (κ1) is 16.9. The molecule has 2 amide bonds. The van der Waals surface area contributed by atoms with Crippen molar-refractivity contribution in [2.24, 2.45) is 0 Å². The Morgan fingerprint density at radius 3 is 2.44 bits per heavy atom. The molecule has 0 saturated carbocycles. The van der Waals surface area contributed by atoms with Crippen LogP contribution in [-0.2, 0) is 16.1 Å². The van der Waals surface area contributed by atoms with E-state index < -0.39 is 6.10 Å². The van der Waals surface area contributed by atoms with Gasteiger partial charge in [-0.1, -0.05) is 18.2 Å². The number of hydrogen-bond donors (Lipinski definition) is 0. The minimum Gasteiger partial charge on any atom is -0.481 e. The summed E-state index contributed by atoms with van der Waals surface area (Å²) < 4.78 is 7.06. The number of benzene rings is 1. The van der Waals surface area contributed by atoms with Crippen molar-refractivity contribution in [1.82, 2.24) is 30.0 Å². The summed E-state index contributed by atoms with van der Waals surface area (Å²) in [6, 6.07) is 9.26. The molecular formula is C16H20N6O3. The number of ether oxygens (including phenoxy) is 1. The van der Waals surface area contributed by atoms with Crippen LogP contribution >= 0.6 is 0 Å². The topological polar surface area (TPSA) is 93.5 Å². The Morgan fingerprint density at radius 1 is 1.12 bits per heavy atom. The lowest BCUT2D eigenvalue weighted by Crippen LogP contribution is -2.53. The van der Waals surface area contributed by atoms with E-state index in [0.717, 1.165) is 0 Å². The van der Waals surface area contributed by atoms with Gasteiger partial charge >= 0.3 is 0 Å². The molecule has 2 heterocycles. The summed E-state index contributed by atoms with van der Waals surface area (Å²) in [5.41, 5.74) is 0. The molecule has 1 aromatic carbocycles. The standard InChI is InChI=1S/C16H20N6O3/c1-13(25-14-5-3-2-4-6-14)16(24)21-9-7-20(8-10-21)15(23)11-22-12-17-18-19-22/h2-6,12-13H,7-11H2,1H3. The molecule has 2 aromatic rings. The summed E-state index contributed by atoms with van der Waals surface area (Å²) in [6.45, 7) is 3.81. The second-order valence-electron chi connectivity index (χ2n) is 5.79. The summed E-state index contributed by atoms with van der Waals surface area (Å²) in [4.78, 5) is 28.1. The van der Waals surface area contributed by atoms with Crippen LogP contribution in [0.2, 0.25) is 0 Å². The second-order valence-corrected chi connectivity index (χ2v) is 5.79. The molecule has 1 unspecified atom stereocenters. The highest BCUT2D eigenvalue weighted by atomic mass is 16.5. The third kappa shape index (κ3) is 4.31. The molecule has 0 bridgehead atoms. The quantitative estimate of drug-likeness (QED) is 0.746. The second kappa shape index (κ2) is 7.73. The van der Waals surface area contributed by atoms with Gasteiger partial charge in [-0.25, -0.2) is 4.68 Å². The van der Waals surface area contributed by atoms with Crippen molar-refractivity contribution in [3.05, 3.63) is 36.7 Å². The lowest BCUT2D eigenvalue weighted by atomic mass is 10.2. The van der Waals surface area contributed by atoms with E-state index in [1.54, 1.807) is 16.7 Å². The number of aromatic nitrogens is 4. The summed E-state index contributed by atoms with van der Waals surface area (Å²) in [7, 11) is 0. The van der Waals surface area contributed by atoms with E-state index in [1.807, 2.05) is 30.3 Å². The van der Waals surface area contributed by atoms with Gasteiger partial charge in [-0.05, 0) is 29.5 Å². The van der Waals surface area contributed by atoms with Gasteiger partial charge in [0.25, 0.3) is 5.91 Å². The van der Waals surface area contributed by atoms with Gasteiger partial charge in [-0.15, -0.1) is 5.10 Å². The number of piperazine rings is 1. The van der Waals surface area contributed by atoms with E-state index in [9.17, 15) is 9.59 Å². The summed E-state index contributed by atoms with van der Waals surface area (Å²) >= 11 is 0. The lowest BCUT2D eigenvalue weighted by molar-refractivity contribution is -0.144. The molecule has 1 aliphatic rings. The van der Waals surface area contributed by atoms with Crippen LogP contribution in [-0.4, -0.2) is 74.1 Å². The number of nitrogens with zero attached hydrogens (tertiary/aromatic N) is 6. The van der Waals surface area contributed by atoms with Crippen LogP contribution in [0, 0.1) is 0 Å². The molecule has 1 aromatic heterocycles. The molecule has 0 spiro atoms. The highest BCUT2D eigenvalue weighted by molar-refractivity contribution is 5.81. The van der Waals surface area contributed by atoms with Crippen LogP contribution in [0.4, 0.5) is 0 Å². The molecule has 9 nitrogen and oxygen atoms in total. The first-order valence-corrected chi connectivity index (χ1v) is 8.12. The Balaban J connectivity index is 1.48. The fourth-order valence-electron chi connectivity index (χ4n) is 2.68. The van der Waals surface area contributed by atoms with E-state index >= 15 is 0 Å². The van der Waals surface area contributed by atoms with Crippen LogP contribution in [0.1, 0.15) is 6.92 Å². The van der Waals surface area contributed by atoms with E-state index in [4.69, 9.17) is 4.74 Å². The average Bonchev–Trinajstić information content (AvgIpc) is 3.15. The molecule has 1 atom stereocenters. The maximum Gasteiger partial charge on any atom is 0.263 e. The zero-order chi connectivity index (χ0) is 17.6. The smallest absolute Gasteiger partial charge is 0.263 e. The first-order valence-electron chi connectivity index (χ1n) is 8.12. The fraction of sp³-hybridized carbons (Fsp3) is 0.438. The normalized spacial score (nSPS) is 15.7. The van der Waals surface area contributed by atoms with Crippen molar-refractivity contribution in [1.29, 1.82) is 0 Å². The maximum absolute atomic E-state index is 12.5. The minimum atomic E-state index is -0.564. The van der Waals surface area contributed by atoms with Gasteiger partial charge in [0.1, 0.15) is 18.6 Å². The van der Waals surface area contributed by atoms with Crippen molar-refractivity contribution in [3.63, 3.8) is 0 Å². The number of carbonyl (C=O) groups excluding carboxylic acids is 2. The Bertz CT molecular complexity index is 698. The molecule has 0 N–H and O–H groups in total. The molecular weight excluding hydrogens is 324 g/mol. The predicted molar refractivity (Wildman–Crippen MR) is 87.5 cm³/mol.